The SMILES string of the molecule is CCCCCCCCC(=O)CC/C=C(C)/C=C/C=C(C)/C=C/C1=C(C)CCCC1C. The summed E-state index contributed by atoms with van der Waals surface area (Å²) in [6.07, 6.45) is 26.9. The van der Waals surface area contributed by atoms with Crippen molar-refractivity contribution in [3.05, 3.63) is 58.7 Å². The van der Waals surface area contributed by atoms with Gasteiger partial charge in [0.05, 0.1) is 0 Å². The van der Waals surface area contributed by atoms with Gasteiger partial charge in [-0.25, -0.2) is 0 Å². The maximum Gasteiger partial charge on any atom is 0.133 e. The number of carbonyl (C=O) groups is 1. The van der Waals surface area contributed by atoms with Crippen molar-refractivity contribution < 1.29 is 4.79 Å². The van der Waals surface area contributed by atoms with Crippen molar-refractivity contribution >= 4 is 5.78 Å². The Morgan fingerprint density at radius 3 is 2.47 bits per heavy atom. The van der Waals surface area contributed by atoms with E-state index in [0.717, 1.165) is 19.3 Å². The number of carbonyl (C=O) groups excluding carboxylic acids is 1. The highest BCUT2D eigenvalue weighted by atomic mass is 16.1. The van der Waals surface area contributed by atoms with Crippen molar-refractivity contribution in [3.63, 3.8) is 0 Å². The number of rotatable bonds is 14. The molecule has 0 fully saturated rings. The van der Waals surface area contributed by atoms with E-state index in [1.54, 1.807) is 5.57 Å². The maximum absolute atomic E-state index is 12.0. The van der Waals surface area contributed by atoms with Crippen molar-refractivity contribution in [1.82, 2.24) is 0 Å². The Morgan fingerprint density at radius 2 is 1.73 bits per heavy atom. The number of Topliss-reactive ketones (excluding diaryl/α,β-unsaturated/α-hetero) is 1. The van der Waals surface area contributed by atoms with E-state index < -0.39 is 0 Å². The van der Waals surface area contributed by atoms with Gasteiger partial charge in [-0.05, 0) is 64.4 Å². The molecule has 1 aliphatic rings. The Hall–Kier alpha value is -1.63. The molecule has 0 saturated carbocycles. The van der Waals surface area contributed by atoms with E-state index in [1.807, 2.05) is 0 Å². The summed E-state index contributed by atoms with van der Waals surface area (Å²) in [7, 11) is 0. The minimum Gasteiger partial charge on any atom is -0.300 e. The molecule has 0 saturated heterocycles. The van der Waals surface area contributed by atoms with Gasteiger partial charge >= 0.3 is 0 Å². The zero-order valence-electron chi connectivity index (χ0n) is 20.4. The molecule has 168 valence electrons. The second-order valence-corrected chi connectivity index (χ2v) is 9.18. The van der Waals surface area contributed by atoms with Gasteiger partial charge in [0.1, 0.15) is 5.78 Å². The molecule has 0 aromatic carbocycles. The van der Waals surface area contributed by atoms with E-state index in [2.05, 4.69) is 71.1 Å². The Morgan fingerprint density at radius 1 is 1.00 bits per heavy atom. The number of allylic oxidation sites excluding steroid dienone is 10. The molecule has 0 N–H and O–H groups in total. The zero-order chi connectivity index (χ0) is 22.2. The van der Waals surface area contributed by atoms with Gasteiger partial charge in [-0.2, -0.15) is 0 Å². The zero-order valence-corrected chi connectivity index (χ0v) is 20.4. The van der Waals surface area contributed by atoms with Gasteiger partial charge in [0.2, 0.25) is 0 Å². The van der Waals surface area contributed by atoms with Crippen LogP contribution in [0.1, 0.15) is 112 Å². The van der Waals surface area contributed by atoms with Gasteiger partial charge in [0.25, 0.3) is 0 Å². The number of unbranched alkanes of at least 4 members (excludes halogenated alkanes) is 5. The van der Waals surface area contributed by atoms with Crippen LogP contribution in [0.4, 0.5) is 0 Å². The van der Waals surface area contributed by atoms with E-state index in [-0.39, 0.29) is 0 Å². The van der Waals surface area contributed by atoms with Gasteiger partial charge < -0.3 is 0 Å². The van der Waals surface area contributed by atoms with E-state index in [4.69, 9.17) is 0 Å². The van der Waals surface area contributed by atoms with Crippen LogP contribution < -0.4 is 0 Å². The largest absolute Gasteiger partial charge is 0.300 e. The normalized spacial score (nSPS) is 18.8. The van der Waals surface area contributed by atoms with Crippen molar-refractivity contribution in [1.29, 1.82) is 0 Å². The van der Waals surface area contributed by atoms with E-state index in [0.29, 0.717) is 18.1 Å². The number of hydrogen-bond donors (Lipinski definition) is 0. The van der Waals surface area contributed by atoms with Crippen molar-refractivity contribution in [2.45, 2.75) is 112 Å². The van der Waals surface area contributed by atoms with Crippen LogP contribution in [-0.2, 0) is 4.79 Å². The molecule has 1 aliphatic carbocycles. The molecule has 30 heavy (non-hydrogen) atoms. The molecule has 0 aliphatic heterocycles. The minimum atomic E-state index is 0.418. The fourth-order valence-electron chi connectivity index (χ4n) is 4.09. The Balaban J connectivity index is 2.32. The van der Waals surface area contributed by atoms with E-state index in [1.165, 1.54) is 68.1 Å². The lowest BCUT2D eigenvalue weighted by atomic mass is 9.84. The minimum absolute atomic E-state index is 0.418. The first kappa shape index (κ1) is 26.4. The fraction of sp³-hybridized carbons (Fsp3) is 0.621. The summed E-state index contributed by atoms with van der Waals surface area (Å²) >= 11 is 0. The predicted molar refractivity (Wildman–Crippen MR) is 134 cm³/mol. The first-order chi connectivity index (χ1) is 14.4. The topological polar surface area (TPSA) is 17.1 Å². The lowest BCUT2D eigenvalue weighted by molar-refractivity contribution is -0.119. The van der Waals surface area contributed by atoms with Gasteiger partial charge in [-0.1, -0.05) is 99.1 Å². The molecule has 1 rings (SSSR count). The average molecular weight is 411 g/mol. The van der Waals surface area contributed by atoms with Crippen LogP contribution >= 0.6 is 0 Å². The highest BCUT2D eigenvalue weighted by molar-refractivity contribution is 5.78. The smallest absolute Gasteiger partial charge is 0.133 e. The Bertz CT molecular complexity index is 654. The third kappa shape index (κ3) is 12.2. The first-order valence-electron chi connectivity index (χ1n) is 12.3. The van der Waals surface area contributed by atoms with Crippen LogP contribution in [-0.4, -0.2) is 5.78 Å². The average Bonchev–Trinajstić information content (AvgIpc) is 2.70. The van der Waals surface area contributed by atoms with E-state index in [9.17, 15) is 4.79 Å². The van der Waals surface area contributed by atoms with Crippen molar-refractivity contribution in [3.8, 4) is 0 Å². The van der Waals surface area contributed by atoms with Gasteiger partial charge in [-0.3, -0.25) is 4.79 Å². The fourth-order valence-corrected chi connectivity index (χ4v) is 4.09. The monoisotopic (exact) mass is 410 g/mol. The third-order valence-corrected chi connectivity index (χ3v) is 6.16. The Labute approximate surface area is 187 Å². The first-order valence-corrected chi connectivity index (χ1v) is 12.3. The molecular weight excluding hydrogens is 364 g/mol. The lowest BCUT2D eigenvalue weighted by Gasteiger charge is -2.22. The quantitative estimate of drug-likeness (QED) is 0.206. The summed E-state index contributed by atoms with van der Waals surface area (Å²) < 4.78 is 0. The Kier molecular flexibility index (Phi) is 14.2. The predicted octanol–water partition coefficient (Wildman–Crippen LogP) is 9.23. The summed E-state index contributed by atoms with van der Waals surface area (Å²) in [4.78, 5) is 12.0. The summed E-state index contributed by atoms with van der Waals surface area (Å²) in [5.74, 6) is 1.10. The maximum atomic E-state index is 12.0. The highest BCUT2D eigenvalue weighted by Crippen LogP contribution is 2.30. The molecule has 1 atom stereocenters. The summed E-state index contributed by atoms with van der Waals surface area (Å²) in [6.45, 7) is 11.1. The van der Waals surface area contributed by atoms with Crippen LogP contribution in [0, 0.1) is 5.92 Å². The standard InChI is InChI=1S/C29H46O/c1-6-7-8-9-10-11-20-28(30)21-13-17-24(2)15-12-16-25(3)22-23-29-26(4)18-14-19-27(29)5/h12,15-17,22-23,26H,6-11,13-14,18-21H2,1-5H3/b15-12+,23-22+,24-17+,25-16+. The highest BCUT2D eigenvalue weighted by Gasteiger charge is 2.14. The van der Waals surface area contributed by atoms with Crippen LogP contribution in [0.2, 0.25) is 0 Å². The molecule has 1 nitrogen and oxygen atoms in total. The van der Waals surface area contributed by atoms with Crippen LogP contribution in [0.15, 0.2) is 58.7 Å². The third-order valence-electron chi connectivity index (χ3n) is 6.16. The second-order valence-electron chi connectivity index (χ2n) is 9.18. The molecule has 0 bridgehead atoms. The molecule has 0 aromatic rings. The molecule has 0 aromatic heterocycles. The molecule has 0 amide bonds. The van der Waals surface area contributed by atoms with Crippen molar-refractivity contribution in [2.24, 2.45) is 5.92 Å². The molecule has 0 radical (unpaired) electrons. The molecule has 1 heteroatoms. The van der Waals surface area contributed by atoms with E-state index >= 15 is 0 Å². The van der Waals surface area contributed by atoms with Crippen LogP contribution in [0.5, 0.6) is 0 Å². The molecule has 1 unspecified atom stereocenters. The molecular formula is C29H46O. The number of ketones is 1. The van der Waals surface area contributed by atoms with Gasteiger partial charge in [-0.15, -0.1) is 0 Å². The molecule has 0 spiro atoms. The van der Waals surface area contributed by atoms with Gasteiger partial charge in [0, 0.05) is 12.8 Å². The van der Waals surface area contributed by atoms with Crippen molar-refractivity contribution in [2.75, 3.05) is 0 Å². The van der Waals surface area contributed by atoms with Crippen LogP contribution in [0.3, 0.4) is 0 Å². The van der Waals surface area contributed by atoms with Crippen LogP contribution in [0.25, 0.3) is 0 Å². The second kappa shape index (κ2) is 16.1. The van der Waals surface area contributed by atoms with Gasteiger partial charge in [0.15, 0.2) is 0 Å². The number of hydrogen-bond acceptors (Lipinski definition) is 1. The summed E-state index contributed by atoms with van der Waals surface area (Å²) in [5.41, 5.74) is 5.58. The molecule has 0 heterocycles. The summed E-state index contributed by atoms with van der Waals surface area (Å²) in [5, 5.41) is 0. The summed E-state index contributed by atoms with van der Waals surface area (Å²) in [6, 6.07) is 0. The lowest BCUT2D eigenvalue weighted by Crippen LogP contribution is -2.06.